The van der Waals surface area contributed by atoms with Gasteiger partial charge in [0, 0.05) is 18.7 Å². The minimum Gasteiger partial charge on any atom is -0.395 e. The molecule has 0 spiro atoms. The number of nitrogens with two attached hydrogens (primary N) is 2. The van der Waals surface area contributed by atoms with Gasteiger partial charge < -0.3 is 21.5 Å². The molecular formula is C11H21N5O. The predicted octanol–water partition coefficient (Wildman–Crippen LogP) is 0.628. The van der Waals surface area contributed by atoms with Gasteiger partial charge in [-0.05, 0) is 12.8 Å². The number of aliphatic hydroxyl groups excluding tert-OH is 1. The summed E-state index contributed by atoms with van der Waals surface area (Å²) < 4.78 is 0. The third kappa shape index (κ3) is 3.45. The predicted molar refractivity (Wildman–Crippen MR) is 69.7 cm³/mol. The monoisotopic (exact) mass is 239 g/mol. The van der Waals surface area contributed by atoms with E-state index in [4.69, 9.17) is 16.6 Å². The number of aliphatic hydroxyl groups is 1. The first-order valence-corrected chi connectivity index (χ1v) is 5.89. The van der Waals surface area contributed by atoms with Gasteiger partial charge in [-0.3, -0.25) is 0 Å². The Morgan fingerprint density at radius 3 is 2.41 bits per heavy atom. The molecule has 0 amide bonds. The molecule has 0 unspecified atom stereocenters. The summed E-state index contributed by atoms with van der Waals surface area (Å²) in [5, 5.41) is 9.13. The van der Waals surface area contributed by atoms with Crippen molar-refractivity contribution in [3.63, 3.8) is 0 Å². The highest BCUT2D eigenvalue weighted by Crippen LogP contribution is 2.20. The molecule has 96 valence electrons. The standard InChI is InChI=1S/C11H21N5O/c1-3-8(4-2)16(5-6-17)10-7-9(12)14-11(13)15-10/h7-8,17H,3-6H2,1-2H3,(H4,12,13,14,15). The van der Waals surface area contributed by atoms with E-state index in [0.717, 1.165) is 12.8 Å². The summed E-state index contributed by atoms with van der Waals surface area (Å²) in [7, 11) is 0. The fourth-order valence-electron chi connectivity index (χ4n) is 1.94. The van der Waals surface area contributed by atoms with Crippen molar-refractivity contribution in [2.75, 3.05) is 29.5 Å². The summed E-state index contributed by atoms with van der Waals surface area (Å²) in [5.74, 6) is 1.19. The lowest BCUT2D eigenvalue weighted by molar-refractivity contribution is 0.295. The molecule has 0 aliphatic heterocycles. The largest absolute Gasteiger partial charge is 0.395 e. The Labute approximate surface area is 102 Å². The lowest BCUT2D eigenvalue weighted by atomic mass is 10.1. The summed E-state index contributed by atoms with van der Waals surface area (Å²) in [5.41, 5.74) is 11.2. The summed E-state index contributed by atoms with van der Waals surface area (Å²) in [6.07, 6.45) is 1.95. The normalized spacial score (nSPS) is 10.8. The molecule has 0 aromatic carbocycles. The molecule has 6 nitrogen and oxygen atoms in total. The van der Waals surface area contributed by atoms with Gasteiger partial charge in [-0.25, -0.2) is 0 Å². The fraction of sp³-hybridized carbons (Fsp3) is 0.636. The first-order chi connectivity index (χ1) is 8.12. The molecular weight excluding hydrogens is 218 g/mol. The summed E-state index contributed by atoms with van der Waals surface area (Å²) in [4.78, 5) is 10.0. The van der Waals surface area contributed by atoms with Crippen molar-refractivity contribution in [1.29, 1.82) is 0 Å². The Morgan fingerprint density at radius 2 is 1.94 bits per heavy atom. The number of rotatable bonds is 6. The number of nitrogens with zero attached hydrogens (tertiary/aromatic N) is 3. The van der Waals surface area contributed by atoms with Crippen molar-refractivity contribution < 1.29 is 5.11 Å². The Morgan fingerprint density at radius 1 is 1.29 bits per heavy atom. The van der Waals surface area contributed by atoms with Crippen molar-refractivity contribution in [3.05, 3.63) is 6.07 Å². The van der Waals surface area contributed by atoms with Gasteiger partial charge in [-0.1, -0.05) is 13.8 Å². The van der Waals surface area contributed by atoms with Crippen LogP contribution in [-0.4, -0.2) is 34.3 Å². The first kappa shape index (κ1) is 13.5. The quantitative estimate of drug-likeness (QED) is 0.673. The summed E-state index contributed by atoms with van der Waals surface area (Å²) in [6.45, 7) is 4.79. The molecule has 0 bridgehead atoms. The van der Waals surface area contributed by atoms with Crippen LogP contribution >= 0.6 is 0 Å². The van der Waals surface area contributed by atoms with Crippen LogP contribution in [0.5, 0.6) is 0 Å². The van der Waals surface area contributed by atoms with Crippen LogP contribution in [-0.2, 0) is 0 Å². The number of nitrogen functional groups attached to an aromatic ring is 2. The van der Waals surface area contributed by atoms with Gasteiger partial charge in [0.05, 0.1) is 6.61 Å². The van der Waals surface area contributed by atoms with Gasteiger partial charge >= 0.3 is 0 Å². The lowest BCUT2D eigenvalue weighted by Gasteiger charge is -2.31. The molecule has 0 radical (unpaired) electrons. The molecule has 0 saturated carbocycles. The van der Waals surface area contributed by atoms with Gasteiger partial charge in [0.1, 0.15) is 11.6 Å². The first-order valence-electron chi connectivity index (χ1n) is 5.89. The Hall–Kier alpha value is -1.56. The number of hydrogen-bond donors (Lipinski definition) is 3. The molecule has 0 saturated heterocycles. The van der Waals surface area contributed by atoms with Crippen molar-refractivity contribution >= 4 is 17.6 Å². The molecule has 0 aliphatic rings. The number of hydrogen-bond acceptors (Lipinski definition) is 6. The molecule has 0 atom stereocenters. The van der Waals surface area contributed by atoms with Crippen LogP contribution in [0.2, 0.25) is 0 Å². The van der Waals surface area contributed by atoms with E-state index in [1.54, 1.807) is 6.07 Å². The maximum Gasteiger partial charge on any atom is 0.223 e. The zero-order valence-corrected chi connectivity index (χ0v) is 10.4. The van der Waals surface area contributed by atoms with E-state index in [1.807, 2.05) is 4.90 Å². The van der Waals surface area contributed by atoms with E-state index in [9.17, 15) is 0 Å². The van der Waals surface area contributed by atoms with Crippen LogP contribution < -0.4 is 16.4 Å². The third-order valence-electron chi connectivity index (χ3n) is 2.77. The van der Waals surface area contributed by atoms with Gasteiger partial charge in [0.2, 0.25) is 5.95 Å². The average Bonchev–Trinajstić information content (AvgIpc) is 2.28. The SMILES string of the molecule is CCC(CC)N(CCO)c1cc(N)nc(N)n1. The second-order valence-electron chi connectivity index (χ2n) is 3.90. The molecule has 0 fully saturated rings. The summed E-state index contributed by atoms with van der Waals surface area (Å²) >= 11 is 0. The van der Waals surface area contributed by atoms with Gasteiger partial charge in [-0.2, -0.15) is 9.97 Å². The van der Waals surface area contributed by atoms with Crippen LogP contribution in [0.3, 0.4) is 0 Å². The van der Waals surface area contributed by atoms with Crippen LogP contribution in [0.1, 0.15) is 26.7 Å². The van der Waals surface area contributed by atoms with Gasteiger partial charge in [0.15, 0.2) is 0 Å². The molecule has 1 rings (SSSR count). The van der Waals surface area contributed by atoms with Crippen molar-refractivity contribution in [2.24, 2.45) is 0 Å². The molecule has 0 aliphatic carbocycles. The second kappa shape index (κ2) is 6.24. The molecule has 6 heteroatoms. The van der Waals surface area contributed by atoms with E-state index in [2.05, 4.69) is 23.8 Å². The molecule has 17 heavy (non-hydrogen) atoms. The van der Waals surface area contributed by atoms with Crippen molar-refractivity contribution in [2.45, 2.75) is 32.7 Å². The number of aromatic nitrogens is 2. The third-order valence-corrected chi connectivity index (χ3v) is 2.77. The molecule has 1 aromatic rings. The maximum absolute atomic E-state index is 9.13. The van der Waals surface area contributed by atoms with E-state index < -0.39 is 0 Å². The molecule has 5 N–H and O–H groups in total. The Balaban J connectivity index is 3.03. The highest BCUT2D eigenvalue weighted by Gasteiger charge is 2.17. The van der Waals surface area contributed by atoms with E-state index in [1.165, 1.54) is 0 Å². The highest BCUT2D eigenvalue weighted by molar-refractivity contribution is 5.51. The molecule has 1 heterocycles. The maximum atomic E-state index is 9.13. The van der Waals surface area contributed by atoms with Crippen molar-refractivity contribution in [3.8, 4) is 0 Å². The zero-order valence-electron chi connectivity index (χ0n) is 10.4. The van der Waals surface area contributed by atoms with Crippen molar-refractivity contribution in [1.82, 2.24) is 9.97 Å². The fourth-order valence-corrected chi connectivity index (χ4v) is 1.94. The Bertz CT molecular complexity index is 333. The zero-order chi connectivity index (χ0) is 12.8. The van der Waals surface area contributed by atoms with E-state index in [0.29, 0.717) is 24.2 Å². The average molecular weight is 239 g/mol. The van der Waals surface area contributed by atoms with E-state index in [-0.39, 0.29) is 12.6 Å². The molecule has 1 aromatic heterocycles. The van der Waals surface area contributed by atoms with Crippen LogP contribution in [0.15, 0.2) is 6.07 Å². The minimum absolute atomic E-state index is 0.0698. The van der Waals surface area contributed by atoms with Gasteiger partial charge in [-0.15, -0.1) is 0 Å². The smallest absolute Gasteiger partial charge is 0.223 e. The van der Waals surface area contributed by atoms with E-state index >= 15 is 0 Å². The lowest BCUT2D eigenvalue weighted by Crippen LogP contribution is -2.37. The van der Waals surface area contributed by atoms with Crippen LogP contribution in [0, 0.1) is 0 Å². The highest BCUT2D eigenvalue weighted by atomic mass is 16.3. The Kier molecular flexibility index (Phi) is 4.96. The van der Waals surface area contributed by atoms with Crippen LogP contribution in [0.4, 0.5) is 17.6 Å². The number of anilines is 3. The minimum atomic E-state index is 0.0698. The van der Waals surface area contributed by atoms with Crippen LogP contribution in [0.25, 0.3) is 0 Å². The van der Waals surface area contributed by atoms with Gasteiger partial charge in [0.25, 0.3) is 0 Å². The summed E-state index contributed by atoms with van der Waals surface area (Å²) in [6, 6.07) is 2.00. The topological polar surface area (TPSA) is 101 Å². The second-order valence-corrected chi connectivity index (χ2v) is 3.90.